The Labute approximate surface area is 364 Å². The summed E-state index contributed by atoms with van der Waals surface area (Å²) in [5.74, 6) is -0.753. The SMILES string of the molecule is COc1ccc(N(CC(=O)OC(C)(C)C)CC(C)(C)C)c(OCCOc2cc([N+](=O)[O-])c(CO[Si](C)(C)C(C)(C)C)cc2N(CC(=O)OC(C)(C)C)CC(=O)OC(C)(C)C)c1. The number of methoxy groups -OCH3 is 1. The maximum atomic E-state index is 13.4. The molecule has 0 heterocycles. The van der Waals surface area contributed by atoms with Crippen molar-refractivity contribution in [1.29, 1.82) is 0 Å². The molecule has 0 aliphatic heterocycles. The average molecular weight is 876 g/mol. The van der Waals surface area contributed by atoms with Gasteiger partial charge in [0.2, 0.25) is 0 Å². The lowest BCUT2D eigenvalue weighted by molar-refractivity contribution is -0.385. The molecule has 0 saturated heterocycles. The van der Waals surface area contributed by atoms with E-state index in [1.165, 1.54) is 24.1 Å². The van der Waals surface area contributed by atoms with Crippen molar-refractivity contribution in [2.24, 2.45) is 5.41 Å². The van der Waals surface area contributed by atoms with Crippen molar-refractivity contribution in [3.63, 3.8) is 0 Å². The predicted molar refractivity (Wildman–Crippen MR) is 240 cm³/mol. The summed E-state index contributed by atoms with van der Waals surface area (Å²) in [6.07, 6.45) is 0. The van der Waals surface area contributed by atoms with Gasteiger partial charge in [0.15, 0.2) is 8.32 Å². The molecule has 0 saturated carbocycles. The van der Waals surface area contributed by atoms with Gasteiger partial charge in [0.25, 0.3) is 5.69 Å². The maximum absolute atomic E-state index is 13.4. The summed E-state index contributed by atoms with van der Waals surface area (Å²) in [7, 11) is -0.858. The minimum atomic E-state index is -2.39. The molecule has 0 unspecified atom stereocenters. The third-order valence-electron chi connectivity index (χ3n) is 9.08. The van der Waals surface area contributed by atoms with Gasteiger partial charge in [0.1, 0.15) is 66.9 Å². The molecule has 0 spiro atoms. The smallest absolute Gasteiger partial charge is 0.326 e. The van der Waals surface area contributed by atoms with Crippen LogP contribution in [0.3, 0.4) is 0 Å². The molecule has 0 bridgehead atoms. The van der Waals surface area contributed by atoms with Gasteiger partial charge in [-0.2, -0.15) is 0 Å². The summed E-state index contributed by atoms with van der Waals surface area (Å²) in [4.78, 5) is 55.3. The Balaban J connectivity index is 2.69. The number of rotatable bonds is 19. The molecule has 0 fully saturated rings. The van der Waals surface area contributed by atoms with Crippen molar-refractivity contribution in [1.82, 2.24) is 0 Å². The van der Waals surface area contributed by atoms with E-state index in [1.807, 2.05) is 44.8 Å². The Morgan fingerprint density at radius 1 is 0.656 bits per heavy atom. The first-order chi connectivity index (χ1) is 27.6. The first-order valence-corrected chi connectivity index (χ1v) is 23.5. The molecule has 0 aliphatic carbocycles. The molecule has 0 aliphatic rings. The predicted octanol–water partition coefficient (Wildman–Crippen LogP) is 9.27. The number of ether oxygens (including phenoxy) is 6. The number of carbonyl (C=O) groups excluding carboxylic acids is 3. The molecule has 2 rings (SSSR count). The van der Waals surface area contributed by atoms with Crippen LogP contribution in [0.5, 0.6) is 17.2 Å². The number of nitrogens with zero attached hydrogens (tertiary/aromatic N) is 3. The van der Waals surface area contributed by atoms with Crippen LogP contribution in [0, 0.1) is 15.5 Å². The summed E-state index contributed by atoms with van der Waals surface area (Å²) in [6, 6.07) is 8.09. The number of esters is 3. The molecule has 0 radical (unpaired) electrons. The minimum absolute atomic E-state index is 0.0173. The van der Waals surface area contributed by atoms with Crippen LogP contribution in [0.15, 0.2) is 30.3 Å². The van der Waals surface area contributed by atoms with Crippen molar-refractivity contribution in [2.45, 2.75) is 145 Å². The number of anilines is 2. The van der Waals surface area contributed by atoms with Gasteiger partial charge in [-0.3, -0.25) is 24.5 Å². The monoisotopic (exact) mass is 875 g/mol. The maximum Gasteiger partial charge on any atom is 0.326 e. The largest absolute Gasteiger partial charge is 0.497 e. The van der Waals surface area contributed by atoms with E-state index in [1.54, 1.807) is 53.7 Å². The van der Waals surface area contributed by atoms with Gasteiger partial charge in [-0.05, 0) is 104 Å². The van der Waals surface area contributed by atoms with Crippen molar-refractivity contribution in [3.8, 4) is 17.2 Å². The zero-order chi connectivity index (χ0) is 46.9. The van der Waals surface area contributed by atoms with E-state index in [-0.39, 0.29) is 59.5 Å². The first kappa shape index (κ1) is 52.6. The summed E-state index contributed by atoms with van der Waals surface area (Å²) in [5.41, 5.74) is -1.77. The van der Waals surface area contributed by atoms with Crippen molar-refractivity contribution < 1.29 is 52.2 Å². The molecule has 2 aromatic carbocycles. The molecule has 0 amide bonds. The Hall–Kier alpha value is -4.57. The molecular formula is C45H73N3O12Si. The molecule has 0 aromatic heterocycles. The normalized spacial score (nSPS) is 12.6. The van der Waals surface area contributed by atoms with Gasteiger partial charge in [0, 0.05) is 12.6 Å². The van der Waals surface area contributed by atoms with Crippen LogP contribution in [-0.4, -0.2) is 94.5 Å². The standard InChI is InChI=1S/C45H73N3O12Si/c1-41(2,3)30-47(28-40(51)60-44(10,11)12)33-20-19-32(54-16)24-36(33)55-21-22-56-37-25-34(48(52)53)31(29-57-61(17,18)45(13,14)15)23-35(37)46(26-38(49)58-42(4,5)6)27-39(50)59-43(7,8)9/h19-20,23-25H,21-22,26-30H2,1-18H3. The van der Waals surface area contributed by atoms with Crippen LogP contribution < -0.4 is 24.0 Å². The van der Waals surface area contributed by atoms with Crippen molar-refractivity contribution in [2.75, 3.05) is 56.3 Å². The number of nitro benzene ring substituents is 1. The van der Waals surface area contributed by atoms with Crippen LogP contribution >= 0.6 is 0 Å². The second-order valence-corrected chi connectivity index (χ2v) is 25.6. The number of hydrogen-bond acceptors (Lipinski definition) is 14. The number of nitro groups is 1. The Bertz CT molecular complexity index is 1800. The van der Waals surface area contributed by atoms with Gasteiger partial charge in [-0.25, -0.2) is 0 Å². The fourth-order valence-electron chi connectivity index (χ4n) is 5.64. The number of benzene rings is 2. The highest BCUT2D eigenvalue weighted by atomic mass is 28.4. The highest BCUT2D eigenvalue weighted by Crippen LogP contribution is 2.41. The van der Waals surface area contributed by atoms with E-state index in [9.17, 15) is 24.5 Å². The number of hydrogen-bond donors (Lipinski definition) is 0. The van der Waals surface area contributed by atoms with Crippen LogP contribution in [0.1, 0.15) is 109 Å². The molecule has 61 heavy (non-hydrogen) atoms. The van der Waals surface area contributed by atoms with Gasteiger partial charge in [0.05, 0.1) is 41.6 Å². The second kappa shape index (κ2) is 20.5. The van der Waals surface area contributed by atoms with Crippen molar-refractivity contribution in [3.05, 3.63) is 46.0 Å². The van der Waals surface area contributed by atoms with Crippen molar-refractivity contribution >= 4 is 43.3 Å². The van der Waals surface area contributed by atoms with Crippen LogP contribution in [0.25, 0.3) is 0 Å². The van der Waals surface area contributed by atoms with E-state index >= 15 is 0 Å². The second-order valence-electron chi connectivity index (χ2n) is 20.8. The topological polar surface area (TPSA) is 165 Å². The van der Waals surface area contributed by atoms with Gasteiger partial charge in [-0.1, -0.05) is 41.5 Å². The average Bonchev–Trinajstić information content (AvgIpc) is 3.04. The first-order valence-electron chi connectivity index (χ1n) is 20.6. The van der Waals surface area contributed by atoms with E-state index in [2.05, 4.69) is 41.5 Å². The highest BCUT2D eigenvalue weighted by molar-refractivity contribution is 6.74. The molecule has 344 valence electrons. The quantitative estimate of drug-likeness (QED) is 0.0327. The molecule has 15 nitrogen and oxygen atoms in total. The number of carbonyl (C=O) groups is 3. The molecule has 2 aromatic rings. The summed E-state index contributed by atoms with van der Waals surface area (Å²) in [5, 5.41) is 12.5. The minimum Gasteiger partial charge on any atom is -0.497 e. The third-order valence-corrected chi connectivity index (χ3v) is 13.6. The molecule has 16 heteroatoms. The van der Waals surface area contributed by atoms with Crippen LogP contribution in [-0.2, 0) is 39.6 Å². The molecule has 0 N–H and O–H groups in total. The molecule has 0 atom stereocenters. The van der Waals surface area contributed by atoms with Gasteiger partial charge in [-0.15, -0.1) is 0 Å². The summed E-state index contributed by atoms with van der Waals surface area (Å²) in [6.45, 7) is 31.6. The Morgan fingerprint density at radius 3 is 1.49 bits per heavy atom. The van der Waals surface area contributed by atoms with Gasteiger partial charge < -0.3 is 42.6 Å². The van der Waals surface area contributed by atoms with Crippen LogP contribution in [0.4, 0.5) is 17.1 Å². The van der Waals surface area contributed by atoms with E-state index in [0.717, 1.165) is 0 Å². The summed E-state index contributed by atoms with van der Waals surface area (Å²) < 4.78 is 41.5. The lowest BCUT2D eigenvalue weighted by Crippen LogP contribution is -2.41. The lowest BCUT2D eigenvalue weighted by Gasteiger charge is -2.36. The fourth-order valence-corrected chi connectivity index (χ4v) is 6.59. The zero-order valence-electron chi connectivity index (χ0n) is 40.1. The van der Waals surface area contributed by atoms with E-state index in [0.29, 0.717) is 23.7 Å². The van der Waals surface area contributed by atoms with Crippen LogP contribution in [0.2, 0.25) is 18.1 Å². The fraction of sp³-hybridized carbons (Fsp3) is 0.667. The van der Waals surface area contributed by atoms with Gasteiger partial charge >= 0.3 is 17.9 Å². The third kappa shape index (κ3) is 18.5. The summed E-state index contributed by atoms with van der Waals surface area (Å²) >= 11 is 0. The van der Waals surface area contributed by atoms with E-state index < -0.39 is 61.0 Å². The highest BCUT2D eigenvalue weighted by Gasteiger charge is 2.38. The molecular weight excluding hydrogens is 803 g/mol. The Morgan fingerprint density at radius 2 is 1.10 bits per heavy atom. The lowest BCUT2D eigenvalue weighted by atomic mass is 9.95. The van der Waals surface area contributed by atoms with E-state index in [4.69, 9.17) is 32.8 Å². The zero-order valence-corrected chi connectivity index (χ0v) is 41.1. The Kier molecular flexibility index (Phi) is 17.7.